The number of azo groups is 1. The molecule has 1 saturated heterocycles. The second-order valence-corrected chi connectivity index (χ2v) is 5.03. The number of benzene rings is 1. The van der Waals surface area contributed by atoms with Gasteiger partial charge in [0.1, 0.15) is 5.75 Å². The fourth-order valence-corrected chi connectivity index (χ4v) is 2.61. The highest BCUT2D eigenvalue weighted by Crippen LogP contribution is 2.40. The summed E-state index contributed by atoms with van der Waals surface area (Å²) in [7, 11) is 0. The minimum absolute atomic E-state index is 0.230. The highest BCUT2D eigenvalue weighted by Gasteiger charge is 2.59. The van der Waals surface area contributed by atoms with Crippen LogP contribution in [0.3, 0.4) is 0 Å². The molecule has 104 valence electrons. The fourth-order valence-electron chi connectivity index (χ4n) is 2.61. The van der Waals surface area contributed by atoms with Crippen molar-refractivity contribution >= 4 is 17.5 Å². The first-order chi connectivity index (χ1) is 9.58. The second-order valence-electron chi connectivity index (χ2n) is 5.03. The average molecular weight is 273 g/mol. The van der Waals surface area contributed by atoms with Gasteiger partial charge in [0.25, 0.3) is 5.91 Å². The van der Waals surface area contributed by atoms with Crippen molar-refractivity contribution < 1.29 is 14.3 Å². The molecule has 2 heterocycles. The molecule has 1 aromatic carbocycles. The van der Waals surface area contributed by atoms with Crippen LogP contribution < -0.4 is 9.64 Å². The van der Waals surface area contributed by atoms with Crippen LogP contribution >= 0.6 is 0 Å². The molecule has 3 rings (SSSR count). The molecule has 0 spiro atoms. The first-order valence-corrected chi connectivity index (χ1v) is 6.58. The minimum Gasteiger partial charge on any atom is -0.494 e. The van der Waals surface area contributed by atoms with E-state index in [1.165, 1.54) is 4.90 Å². The Labute approximate surface area is 116 Å². The zero-order valence-electron chi connectivity index (χ0n) is 11.4. The Morgan fingerprint density at radius 2 is 2.05 bits per heavy atom. The molecule has 1 aromatic rings. The van der Waals surface area contributed by atoms with Gasteiger partial charge in [-0.15, -0.1) is 0 Å². The lowest BCUT2D eigenvalue weighted by Crippen LogP contribution is -2.37. The van der Waals surface area contributed by atoms with Gasteiger partial charge in [0.05, 0.1) is 24.8 Å². The van der Waals surface area contributed by atoms with Gasteiger partial charge in [-0.3, -0.25) is 9.59 Å². The molecule has 2 amide bonds. The van der Waals surface area contributed by atoms with Gasteiger partial charge >= 0.3 is 0 Å². The number of hydrogen-bond donors (Lipinski definition) is 0. The number of ether oxygens (including phenoxy) is 1. The van der Waals surface area contributed by atoms with E-state index in [0.29, 0.717) is 18.0 Å². The number of rotatable bonds is 3. The Hall–Kier alpha value is -2.24. The van der Waals surface area contributed by atoms with Crippen LogP contribution in [0, 0.1) is 5.92 Å². The van der Waals surface area contributed by atoms with E-state index in [0.717, 1.165) is 0 Å². The quantitative estimate of drug-likeness (QED) is 0.788. The first-order valence-electron chi connectivity index (χ1n) is 6.58. The van der Waals surface area contributed by atoms with E-state index >= 15 is 0 Å². The van der Waals surface area contributed by atoms with Gasteiger partial charge in [-0.1, -0.05) is 0 Å². The topological polar surface area (TPSA) is 71.3 Å². The highest BCUT2D eigenvalue weighted by atomic mass is 16.5. The normalized spacial score (nSPS) is 28.1. The van der Waals surface area contributed by atoms with Gasteiger partial charge in [0.2, 0.25) is 5.91 Å². The van der Waals surface area contributed by atoms with Crippen molar-refractivity contribution in [1.82, 2.24) is 0 Å². The maximum atomic E-state index is 12.5. The van der Waals surface area contributed by atoms with Gasteiger partial charge in [0.15, 0.2) is 5.54 Å². The SMILES string of the molecule is CCOc1ccc(N2C(=O)[C@@H]3CN=N[C@]3(C)C2=O)cc1. The first kappa shape index (κ1) is 12.8. The van der Waals surface area contributed by atoms with E-state index in [-0.39, 0.29) is 18.4 Å². The number of carbonyl (C=O) groups excluding carboxylic acids is 2. The van der Waals surface area contributed by atoms with Crippen molar-refractivity contribution in [2.24, 2.45) is 16.1 Å². The predicted octanol–water partition coefficient (Wildman–Crippen LogP) is 1.80. The average Bonchev–Trinajstić information content (AvgIpc) is 2.91. The Balaban J connectivity index is 1.93. The number of carbonyl (C=O) groups is 2. The lowest BCUT2D eigenvalue weighted by Gasteiger charge is -2.17. The molecule has 1 fully saturated rings. The Bertz CT molecular complexity index is 596. The minimum atomic E-state index is -1.03. The molecule has 0 aromatic heterocycles. The fraction of sp³-hybridized carbons (Fsp3) is 0.429. The van der Waals surface area contributed by atoms with Crippen LogP contribution in [0.5, 0.6) is 5.75 Å². The molecule has 0 N–H and O–H groups in total. The third-order valence-corrected chi connectivity index (χ3v) is 3.78. The molecule has 20 heavy (non-hydrogen) atoms. The van der Waals surface area contributed by atoms with Crippen LogP contribution in [0.4, 0.5) is 5.69 Å². The molecule has 0 saturated carbocycles. The third-order valence-electron chi connectivity index (χ3n) is 3.78. The van der Waals surface area contributed by atoms with Gasteiger partial charge in [-0.05, 0) is 38.1 Å². The third kappa shape index (κ3) is 1.64. The number of imide groups is 1. The van der Waals surface area contributed by atoms with Crippen molar-refractivity contribution in [1.29, 1.82) is 0 Å². The molecule has 6 nitrogen and oxygen atoms in total. The standard InChI is InChI=1S/C14H15N3O3/c1-3-20-10-6-4-9(5-7-10)17-12(18)11-8-15-16-14(11,2)13(17)19/h4-7,11H,3,8H2,1-2H3/t11-,14-/m0/s1. The molecular formula is C14H15N3O3. The molecule has 0 bridgehead atoms. The number of anilines is 1. The van der Waals surface area contributed by atoms with Gasteiger partial charge in [-0.25, -0.2) is 4.90 Å². The lowest BCUT2D eigenvalue weighted by molar-refractivity contribution is -0.122. The lowest BCUT2D eigenvalue weighted by atomic mass is 9.90. The number of fused-ring (bicyclic) bond motifs is 1. The number of hydrogen-bond acceptors (Lipinski definition) is 5. The van der Waals surface area contributed by atoms with Crippen molar-refractivity contribution in [3.05, 3.63) is 24.3 Å². The van der Waals surface area contributed by atoms with Crippen LogP contribution in [0.1, 0.15) is 13.8 Å². The molecule has 2 aliphatic rings. The van der Waals surface area contributed by atoms with Crippen LogP contribution in [0.25, 0.3) is 0 Å². The van der Waals surface area contributed by atoms with E-state index < -0.39 is 11.5 Å². The monoisotopic (exact) mass is 273 g/mol. The summed E-state index contributed by atoms with van der Waals surface area (Å²) in [5, 5.41) is 7.82. The molecule has 0 unspecified atom stereocenters. The summed E-state index contributed by atoms with van der Waals surface area (Å²) in [4.78, 5) is 26.0. The van der Waals surface area contributed by atoms with E-state index in [1.54, 1.807) is 31.2 Å². The van der Waals surface area contributed by atoms with Crippen molar-refractivity contribution in [3.63, 3.8) is 0 Å². The zero-order chi connectivity index (χ0) is 14.3. The summed E-state index contributed by atoms with van der Waals surface area (Å²) in [6, 6.07) is 6.92. The van der Waals surface area contributed by atoms with Crippen LogP contribution in [0.15, 0.2) is 34.5 Å². The Morgan fingerprint density at radius 3 is 2.65 bits per heavy atom. The molecule has 0 aliphatic carbocycles. The number of nitrogens with zero attached hydrogens (tertiary/aromatic N) is 3. The molecule has 0 radical (unpaired) electrons. The van der Waals surface area contributed by atoms with E-state index in [4.69, 9.17) is 4.74 Å². The van der Waals surface area contributed by atoms with Crippen LogP contribution in [-0.2, 0) is 9.59 Å². The molecule has 6 heteroatoms. The van der Waals surface area contributed by atoms with Crippen molar-refractivity contribution in [2.75, 3.05) is 18.1 Å². The molecule has 2 atom stereocenters. The summed E-state index contributed by atoms with van der Waals surface area (Å²) in [6.45, 7) is 4.42. The summed E-state index contributed by atoms with van der Waals surface area (Å²) in [6.07, 6.45) is 0. The summed E-state index contributed by atoms with van der Waals surface area (Å²) >= 11 is 0. The Morgan fingerprint density at radius 1 is 1.35 bits per heavy atom. The number of amides is 2. The highest BCUT2D eigenvalue weighted by molar-refractivity contribution is 6.25. The van der Waals surface area contributed by atoms with Crippen LogP contribution in [-0.4, -0.2) is 30.5 Å². The van der Waals surface area contributed by atoms with Gasteiger partial charge < -0.3 is 4.74 Å². The Kier molecular flexibility index (Phi) is 2.81. The van der Waals surface area contributed by atoms with Crippen LogP contribution in [0.2, 0.25) is 0 Å². The van der Waals surface area contributed by atoms with E-state index in [9.17, 15) is 9.59 Å². The van der Waals surface area contributed by atoms with Gasteiger partial charge in [-0.2, -0.15) is 10.2 Å². The van der Waals surface area contributed by atoms with Gasteiger partial charge in [0, 0.05) is 0 Å². The van der Waals surface area contributed by atoms with E-state index in [1.807, 2.05) is 6.92 Å². The van der Waals surface area contributed by atoms with Crippen molar-refractivity contribution in [3.8, 4) is 5.75 Å². The van der Waals surface area contributed by atoms with E-state index in [2.05, 4.69) is 10.2 Å². The zero-order valence-corrected chi connectivity index (χ0v) is 11.4. The second kappa shape index (κ2) is 4.40. The maximum Gasteiger partial charge on any atom is 0.264 e. The summed E-state index contributed by atoms with van der Waals surface area (Å²) in [5.41, 5.74) is -0.482. The molecule has 2 aliphatic heterocycles. The largest absolute Gasteiger partial charge is 0.494 e. The smallest absolute Gasteiger partial charge is 0.264 e. The predicted molar refractivity (Wildman–Crippen MR) is 71.7 cm³/mol. The summed E-state index contributed by atoms with van der Waals surface area (Å²) < 4.78 is 5.35. The maximum absolute atomic E-state index is 12.5. The molecular weight excluding hydrogens is 258 g/mol. The van der Waals surface area contributed by atoms with Crippen molar-refractivity contribution in [2.45, 2.75) is 19.4 Å². The summed E-state index contributed by atoms with van der Waals surface area (Å²) in [5.74, 6) is -0.299.